The van der Waals surface area contributed by atoms with E-state index in [1.54, 1.807) is 0 Å². The van der Waals surface area contributed by atoms with Gasteiger partial charge in [0.25, 0.3) is 0 Å². The second-order valence-corrected chi connectivity index (χ2v) is 19.9. The van der Waals surface area contributed by atoms with Crippen LogP contribution in [-0.4, -0.2) is 62.1 Å². The molecular weight excluding hydrogens is 1190 g/mol. The van der Waals surface area contributed by atoms with Crippen molar-refractivity contribution in [2.45, 2.75) is 265 Å². The van der Waals surface area contributed by atoms with E-state index >= 15 is 0 Å². The van der Waals surface area contributed by atoms with Crippen molar-refractivity contribution in [1.29, 1.82) is 0 Å². The molecule has 0 saturated carbocycles. The first-order chi connectivity index (χ1) is 47.1. The van der Waals surface area contributed by atoms with Crippen molar-refractivity contribution >= 4 is 83.7 Å². The number of nitrogens with zero attached hydrogens (tertiary/aromatic N) is 10. The Morgan fingerprint density at radius 1 is 0.247 bits per heavy atom. The van der Waals surface area contributed by atoms with E-state index in [1.807, 2.05) is 132 Å². The Labute approximate surface area is 595 Å². The van der Waals surface area contributed by atoms with E-state index in [2.05, 4.69) is 269 Å². The highest BCUT2D eigenvalue weighted by Crippen LogP contribution is 2.29. The fraction of sp³-hybridized carbons (Fsp3) is 0.448. The number of hydrogen-bond acceptors (Lipinski definition) is 10. The number of aryl methyl sites for hydroxylation is 10. The van der Waals surface area contributed by atoms with Crippen molar-refractivity contribution in [3.63, 3.8) is 0 Å². The lowest BCUT2D eigenvalue weighted by Gasteiger charge is -2.14. The molecule has 7 rings (SSSR count). The van der Waals surface area contributed by atoms with Gasteiger partial charge in [-0.2, -0.15) is 51.0 Å². The zero-order chi connectivity index (χ0) is 75.4. The van der Waals surface area contributed by atoms with E-state index in [1.165, 1.54) is 93.9 Å². The molecular formula is C87H136N10. The lowest BCUT2D eigenvalue weighted by Crippen LogP contribution is -2.03. The zero-order valence-electron chi connectivity index (χ0n) is 67.0. The maximum Gasteiger partial charge on any atom is 0.0674 e. The third-order valence-corrected chi connectivity index (χ3v) is 14.8. The van der Waals surface area contributed by atoms with Crippen LogP contribution in [0.4, 0.5) is 0 Å². The van der Waals surface area contributed by atoms with Gasteiger partial charge in [0.2, 0.25) is 0 Å². The first-order valence-corrected chi connectivity index (χ1v) is 36.6. The molecule has 7 aromatic carbocycles. The minimum absolute atomic E-state index is 0.904. The zero-order valence-corrected chi connectivity index (χ0v) is 67.0. The predicted octanol–water partition coefficient (Wildman–Crippen LogP) is 25.7. The van der Waals surface area contributed by atoms with Crippen LogP contribution < -0.4 is 0 Å². The molecule has 0 amide bonds. The van der Waals surface area contributed by atoms with Crippen LogP contribution in [0.25, 0.3) is 21.5 Å². The van der Waals surface area contributed by atoms with E-state index in [0.717, 1.165) is 104 Å². The van der Waals surface area contributed by atoms with Gasteiger partial charge in [-0.25, -0.2) is 0 Å². The minimum atomic E-state index is 0.904. The van der Waals surface area contributed by atoms with Crippen molar-refractivity contribution in [3.8, 4) is 0 Å². The second-order valence-electron chi connectivity index (χ2n) is 19.9. The van der Waals surface area contributed by atoms with Crippen LogP contribution in [-0.2, 0) is 64.2 Å². The summed E-state index contributed by atoms with van der Waals surface area (Å²) < 4.78 is 0. The Hall–Kier alpha value is -8.24. The van der Waals surface area contributed by atoms with Crippen LogP contribution in [0.3, 0.4) is 0 Å². The third-order valence-electron chi connectivity index (χ3n) is 14.8. The van der Waals surface area contributed by atoms with Crippen LogP contribution in [0.1, 0.15) is 284 Å². The summed E-state index contributed by atoms with van der Waals surface area (Å²) in [6.07, 6.45) is 10.4. The number of hydrogen-bond donors (Lipinski definition) is 0. The summed E-state index contributed by atoms with van der Waals surface area (Å²) in [4.78, 5) is 0. The quantitative estimate of drug-likeness (QED) is 0.0533. The van der Waals surface area contributed by atoms with Crippen molar-refractivity contribution in [2.75, 3.05) is 0 Å². The maximum atomic E-state index is 4.12. The van der Waals surface area contributed by atoms with Gasteiger partial charge < -0.3 is 0 Å². The molecule has 534 valence electrons. The van der Waals surface area contributed by atoms with Gasteiger partial charge in [0, 0.05) is 50.3 Å². The van der Waals surface area contributed by atoms with Gasteiger partial charge in [0.1, 0.15) is 0 Å². The normalized spacial score (nSPS) is 10.4. The summed E-state index contributed by atoms with van der Waals surface area (Å²) in [5.41, 5.74) is 24.1. The Morgan fingerprint density at radius 2 is 0.577 bits per heavy atom. The summed E-state index contributed by atoms with van der Waals surface area (Å²) in [5, 5.41) is 43.4. The minimum Gasteiger partial charge on any atom is -0.167 e. The number of fused-ring (bicyclic) bond motifs is 2. The summed E-state index contributed by atoms with van der Waals surface area (Å²) >= 11 is 0. The molecule has 0 spiro atoms. The molecule has 0 atom stereocenters. The van der Waals surface area contributed by atoms with Crippen LogP contribution in [0.2, 0.25) is 0 Å². The molecule has 10 nitrogen and oxygen atoms in total. The smallest absolute Gasteiger partial charge is 0.0674 e. The van der Waals surface area contributed by atoms with Crippen LogP contribution in [0.5, 0.6) is 0 Å². The molecule has 7 aromatic rings. The summed E-state index contributed by atoms with van der Waals surface area (Å²) in [6.45, 7) is 76.6. The van der Waals surface area contributed by atoms with Crippen molar-refractivity contribution in [2.24, 2.45) is 51.0 Å². The Kier molecular flexibility index (Phi) is 62.8. The molecule has 0 bridgehead atoms. The van der Waals surface area contributed by atoms with Crippen LogP contribution in [0.15, 0.2) is 166 Å². The van der Waals surface area contributed by atoms with Crippen LogP contribution >= 0.6 is 0 Å². The number of benzene rings is 7. The highest BCUT2D eigenvalue weighted by molar-refractivity contribution is 6.06. The van der Waals surface area contributed by atoms with Gasteiger partial charge >= 0.3 is 0 Å². The maximum absolute atomic E-state index is 4.12. The fourth-order valence-electron chi connectivity index (χ4n) is 10.0. The molecule has 0 N–H and O–H groups in total. The van der Waals surface area contributed by atoms with Gasteiger partial charge in [0.15, 0.2) is 0 Å². The average molecular weight is 1320 g/mol. The molecule has 0 aromatic heterocycles. The topological polar surface area (TPSA) is 124 Å². The summed E-state index contributed by atoms with van der Waals surface area (Å²) in [7, 11) is 0. The standard InChI is InChI=1S/2C17H20N2.3C13H18N2.7C2H6/c1-5-13-7-8-14(6-2)17-11-15(9-10-16(13)17)12(3)19-18-4;1-5-13-11-17(12(3)19-18-4)14(6-2)16-10-8-7-9-15(13)16;1-5-11-7-12(6-2)9-13(8-11)10(3)15-14-4;2*1-5-11-7-8-13(10(3)15-14-4)12(6-2)9-11;7*1-2/h2*7-11H,4-6H2,1-3H3;3*7-9H,4-6H2,1-3H3;7*1-2H3/b2*19-12+;3*15-10+;;;;;;;. The second kappa shape index (κ2) is 62.6. The Morgan fingerprint density at radius 3 is 0.928 bits per heavy atom. The average Bonchev–Trinajstić information content (AvgIpc) is 0.803. The lowest BCUT2D eigenvalue weighted by molar-refractivity contribution is 1.08. The third kappa shape index (κ3) is 34.0. The van der Waals surface area contributed by atoms with E-state index in [9.17, 15) is 0 Å². The van der Waals surface area contributed by atoms with Gasteiger partial charge in [0.05, 0.1) is 28.6 Å². The molecule has 10 heteroatoms. The molecule has 0 radical (unpaired) electrons. The van der Waals surface area contributed by atoms with E-state index in [0.29, 0.717) is 0 Å². The van der Waals surface area contributed by atoms with Gasteiger partial charge in [-0.1, -0.05) is 257 Å². The first-order valence-electron chi connectivity index (χ1n) is 36.6. The monoisotopic (exact) mass is 1320 g/mol. The molecule has 0 saturated heterocycles. The largest absolute Gasteiger partial charge is 0.167 e. The van der Waals surface area contributed by atoms with E-state index in [-0.39, 0.29) is 0 Å². The predicted molar refractivity (Wildman–Crippen MR) is 449 cm³/mol. The Bertz CT molecular complexity index is 3360. The molecule has 0 fully saturated rings. The molecule has 0 aliphatic heterocycles. The molecule has 0 heterocycles. The summed E-state index contributed by atoms with van der Waals surface area (Å²) in [6, 6.07) is 41.5. The van der Waals surface area contributed by atoms with Gasteiger partial charge in [-0.3, -0.25) is 0 Å². The molecule has 0 unspecified atom stereocenters. The van der Waals surface area contributed by atoms with E-state index in [4.69, 9.17) is 0 Å². The Balaban J connectivity index is -0.000000348. The molecule has 0 aliphatic rings. The van der Waals surface area contributed by atoms with Gasteiger partial charge in [-0.05, 0) is 211 Å². The van der Waals surface area contributed by atoms with Crippen molar-refractivity contribution in [1.82, 2.24) is 0 Å². The van der Waals surface area contributed by atoms with Crippen molar-refractivity contribution in [3.05, 3.63) is 199 Å². The van der Waals surface area contributed by atoms with Crippen LogP contribution in [0, 0.1) is 0 Å². The molecule has 0 aliphatic carbocycles. The highest BCUT2D eigenvalue weighted by Gasteiger charge is 2.13. The summed E-state index contributed by atoms with van der Waals surface area (Å²) in [5.74, 6) is 0. The number of rotatable bonds is 20. The fourth-order valence-corrected chi connectivity index (χ4v) is 10.0. The molecule has 97 heavy (non-hydrogen) atoms. The first kappa shape index (κ1) is 97.4. The highest BCUT2D eigenvalue weighted by atomic mass is 15.2. The van der Waals surface area contributed by atoms with E-state index < -0.39 is 0 Å². The van der Waals surface area contributed by atoms with Gasteiger partial charge in [-0.15, -0.1) is 0 Å². The lowest BCUT2D eigenvalue weighted by atomic mass is 9.90. The van der Waals surface area contributed by atoms with Crippen molar-refractivity contribution < 1.29 is 0 Å². The SMILES string of the molecule is C=N/N=C(\C)c1cc(CC)c2ccccc2c1CC.C=N/N=C(\C)c1cc(CC)cc(CC)c1.C=N/N=C(\C)c1ccc(CC)cc1CC.C=N/N=C(\C)c1ccc(CC)cc1CC.C=N/N=C(\C)c1ccc2c(CC)ccc(CC)c2c1.CC.CC.CC.CC.CC.CC.CC.